The Labute approximate surface area is 263 Å². The third-order valence-corrected chi connectivity index (χ3v) is 8.19. The van der Waals surface area contributed by atoms with E-state index in [0.717, 1.165) is 11.5 Å². The lowest BCUT2D eigenvalue weighted by Crippen LogP contribution is -2.24. The zero-order valence-electron chi connectivity index (χ0n) is 27.2. The van der Waals surface area contributed by atoms with Gasteiger partial charge in [-0.3, -0.25) is 0 Å². The van der Waals surface area contributed by atoms with E-state index in [2.05, 4.69) is 13.8 Å². The fraction of sp³-hybridized carbons (Fsp3) is 0.935. The highest BCUT2D eigenvalue weighted by molar-refractivity contribution is 7.78. The Bertz CT molecular complexity index is 562. The van der Waals surface area contributed by atoms with Gasteiger partial charge in [0.25, 0.3) is 0 Å². The summed E-state index contributed by atoms with van der Waals surface area (Å²) in [4.78, 5) is 18.2. The zero-order chi connectivity index (χ0) is 31.5. The highest BCUT2D eigenvalue weighted by Crippen LogP contribution is 2.13. The third kappa shape index (κ3) is 64.3. The number of unbranched alkanes of at least 4 members (excludes halogenated alkanes) is 22. The average Bonchev–Trinajstić information content (AvgIpc) is 2.88. The maximum atomic E-state index is 9.10. The van der Waals surface area contributed by atoms with Crippen molar-refractivity contribution in [1.82, 2.24) is 0 Å². The van der Waals surface area contributed by atoms with E-state index in [1.165, 1.54) is 154 Å². The molecule has 0 fully saturated rings. The normalized spacial score (nSPS) is 10.8. The van der Waals surface area contributed by atoms with Gasteiger partial charge in [0.15, 0.2) is 11.5 Å². The molecule has 248 valence electrons. The summed E-state index contributed by atoms with van der Waals surface area (Å²) in [7, 11) is -4.14. The van der Waals surface area contributed by atoms with Crippen LogP contribution in [0.3, 0.4) is 0 Å². The lowest BCUT2D eigenvalue weighted by atomic mass is 10.1. The van der Waals surface area contributed by atoms with E-state index < -0.39 is 7.60 Å². The molecule has 0 heterocycles. The molecule has 8 N–H and O–H groups in total. The highest BCUT2D eigenvalue weighted by Gasteiger charge is 2.00. The van der Waals surface area contributed by atoms with Gasteiger partial charge in [-0.25, -0.2) is 22.9 Å². The fourth-order valence-corrected chi connectivity index (χ4v) is 5.43. The molecule has 7 nitrogen and oxygen atoms in total. The highest BCUT2D eigenvalue weighted by atomic mass is 32.1. The first-order valence-corrected chi connectivity index (χ1v) is 20.5. The molecule has 0 saturated heterocycles. The molecule has 0 spiro atoms. The molecule has 0 aromatic rings. The van der Waals surface area contributed by atoms with Crippen molar-refractivity contribution in [1.29, 1.82) is 0 Å². The van der Waals surface area contributed by atoms with Crippen LogP contribution in [-0.2, 0) is 27.3 Å². The molecule has 0 saturated carbocycles. The predicted octanol–water partition coefficient (Wildman–Crippen LogP) is 6.08. The van der Waals surface area contributed by atoms with Gasteiger partial charge in [0.2, 0.25) is 22.7 Å². The number of rotatable bonds is 26. The van der Waals surface area contributed by atoms with Gasteiger partial charge in [0.05, 0.1) is 0 Å². The molecule has 0 radical (unpaired) electrons. The molecule has 0 rings (SSSR count). The number of hydrogen-bond donors (Lipinski definition) is 4. The minimum Gasteiger partial charge on any atom is -0.811 e. The van der Waals surface area contributed by atoms with Crippen LogP contribution in [-0.4, -0.2) is 28.4 Å². The summed E-state index contributed by atoms with van der Waals surface area (Å²) in [5.74, 6) is 2.17. The smallest absolute Gasteiger partial charge is 0.314 e. The van der Waals surface area contributed by atoms with E-state index >= 15 is 0 Å². The topological polar surface area (TPSA) is 167 Å². The molecule has 0 aromatic carbocycles. The van der Waals surface area contributed by atoms with Crippen LogP contribution >= 0.6 is 7.60 Å². The quantitative estimate of drug-likeness (QED) is 0.0385. The first-order chi connectivity index (χ1) is 19.5. The number of nitrogens with two attached hydrogens (primary N) is 4. The van der Waals surface area contributed by atoms with Gasteiger partial charge in [-0.1, -0.05) is 150 Å². The maximum absolute atomic E-state index is 9.10. The maximum Gasteiger partial charge on any atom is 0.314 e. The van der Waals surface area contributed by atoms with Crippen molar-refractivity contribution in [2.45, 2.75) is 168 Å². The summed E-state index contributed by atoms with van der Waals surface area (Å²) in [6, 6.07) is 0. The van der Waals surface area contributed by atoms with Crippen molar-refractivity contribution in [2.24, 2.45) is 22.9 Å². The summed E-state index contributed by atoms with van der Waals surface area (Å²) in [5, 5.41) is 1.02. The van der Waals surface area contributed by atoms with Crippen molar-refractivity contribution < 1.29 is 14.4 Å². The Kier molecular flexibility index (Phi) is 42.5. The third-order valence-electron chi connectivity index (χ3n) is 6.53. The monoisotopic (exact) mass is 640 g/mol. The second-order valence-electron chi connectivity index (χ2n) is 11.1. The van der Waals surface area contributed by atoms with E-state index in [4.69, 9.17) is 37.3 Å². The standard InChI is InChI=1S/2C15H33N2S.CH5O3P/c2*1-2-3-4-5-6-7-8-9-10-11-12-13-14-18-15(16)17;1-5(2,3)4/h2*2-14,16-17H2,1H3;1H3,(H2,2,3,4)/q2*+1;/p-2. The molecule has 0 amide bonds. The molecule has 10 heteroatoms. The second-order valence-corrected chi connectivity index (χ2v) is 14.9. The van der Waals surface area contributed by atoms with Crippen molar-refractivity contribution in [3.8, 4) is 0 Å². The molecule has 0 atom stereocenters. The van der Waals surface area contributed by atoms with Crippen molar-refractivity contribution in [3.05, 3.63) is 0 Å². The van der Waals surface area contributed by atoms with Crippen LogP contribution in [0.1, 0.15) is 168 Å². The summed E-state index contributed by atoms with van der Waals surface area (Å²) < 4.78 is 9.10. The van der Waals surface area contributed by atoms with Crippen molar-refractivity contribution >= 4 is 40.5 Å². The van der Waals surface area contributed by atoms with Gasteiger partial charge in [0.1, 0.15) is 0 Å². The largest absolute Gasteiger partial charge is 0.811 e. The Balaban J connectivity index is -0.000000604. The SMILES string of the molecule is CCCCCCCCCCCCCC[S+]=C(N)N.CCCCCCCCCCCCCC[S+]=C(N)N.CP(=O)([O-])[O-]. The van der Waals surface area contributed by atoms with Gasteiger partial charge >= 0.3 is 10.2 Å². The van der Waals surface area contributed by atoms with E-state index in [9.17, 15) is 0 Å². The van der Waals surface area contributed by atoms with Gasteiger partial charge < -0.3 is 14.4 Å². The summed E-state index contributed by atoms with van der Waals surface area (Å²) in [6.07, 6.45) is 33.5. The van der Waals surface area contributed by atoms with E-state index in [1.807, 2.05) is 0 Å². The van der Waals surface area contributed by atoms with Crippen LogP contribution in [0.5, 0.6) is 0 Å². The molecule has 41 heavy (non-hydrogen) atoms. The second kappa shape index (κ2) is 38.2. The van der Waals surface area contributed by atoms with Crippen LogP contribution in [0.15, 0.2) is 0 Å². The Morgan fingerprint density at radius 3 is 0.805 bits per heavy atom. The van der Waals surface area contributed by atoms with Crippen LogP contribution in [0, 0.1) is 0 Å². The average molecular weight is 641 g/mol. The van der Waals surface area contributed by atoms with Crippen LogP contribution in [0.25, 0.3) is 0 Å². The van der Waals surface area contributed by atoms with E-state index in [-0.39, 0.29) is 0 Å². The molecule has 0 aromatic heterocycles. The lowest BCUT2D eigenvalue weighted by molar-refractivity contribution is -0.311. The molecule has 0 aliphatic carbocycles. The molecular formula is C31H69N4O3PS2. The van der Waals surface area contributed by atoms with Gasteiger partial charge in [-0.2, -0.15) is 0 Å². The summed E-state index contributed by atoms with van der Waals surface area (Å²) in [5.41, 5.74) is 21.6. The van der Waals surface area contributed by atoms with Gasteiger partial charge in [0, 0.05) is 12.8 Å². The van der Waals surface area contributed by atoms with Crippen LogP contribution in [0.2, 0.25) is 0 Å². The minimum atomic E-state index is -4.14. The van der Waals surface area contributed by atoms with Crippen LogP contribution in [0.4, 0.5) is 0 Å². The Morgan fingerprint density at radius 2 is 0.634 bits per heavy atom. The summed E-state index contributed by atoms with van der Waals surface area (Å²) in [6.45, 7) is 5.18. The van der Waals surface area contributed by atoms with Crippen LogP contribution < -0.4 is 32.7 Å². The molecule has 0 bridgehead atoms. The molecule has 0 unspecified atom stereocenters. The van der Waals surface area contributed by atoms with Crippen molar-refractivity contribution in [2.75, 3.05) is 18.2 Å². The molecule has 0 aliphatic rings. The Hall–Kier alpha value is 0.170. The zero-order valence-corrected chi connectivity index (χ0v) is 29.7. The molecule has 0 aliphatic heterocycles. The fourth-order valence-electron chi connectivity index (χ4n) is 4.27. The first-order valence-electron chi connectivity index (χ1n) is 16.5. The molecular weight excluding hydrogens is 571 g/mol. The summed E-state index contributed by atoms with van der Waals surface area (Å²) >= 11 is 3.17. The van der Waals surface area contributed by atoms with Crippen molar-refractivity contribution in [3.63, 3.8) is 0 Å². The van der Waals surface area contributed by atoms with E-state index in [0.29, 0.717) is 16.9 Å². The Morgan fingerprint density at radius 1 is 0.463 bits per heavy atom. The minimum absolute atomic E-state index is 0.512. The number of hydrogen-bond acceptors (Lipinski definition) is 3. The lowest BCUT2D eigenvalue weighted by Gasteiger charge is -2.22. The first kappa shape index (κ1) is 45.6. The van der Waals surface area contributed by atoms with E-state index in [1.54, 1.807) is 22.7 Å². The van der Waals surface area contributed by atoms with Gasteiger partial charge in [-0.05, 0) is 19.5 Å². The van der Waals surface area contributed by atoms with Gasteiger partial charge in [-0.15, -0.1) is 0 Å². The predicted molar refractivity (Wildman–Crippen MR) is 187 cm³/mol.